The lowest BCUT2D eigenvalue weighted by Crippen LogP contribution is -2.37. The van der Waals surface area contributed by atoms with Gasteiger partial charge in [0, 0.05) is 29.1 Å². The average Bonchev–Trinajstić information content (AvgIpc) is 3.18. The predicted octanol–water partition coefficient (Wildman–Crippen LogP) is 3.38. The third-order valence-corrected chi connectivity index (χ3v) is 4.77. The van der Waals surface area contributed by atoms with E-state index in [0.717, 1.165) is 55.5 Å². The first kappa shape index (κ1) is 14.4. The van der Waals surface area contributed by atoms with Gasteiger partial charge in [0.2, 0.25) is 0 Å². The van der Waals surface area contributed by atoms with Gasteiger partial charge in [-0.1, -0.05) is 15.9 Å². The van der Waals surface area contributed by atoms with Crippen molar-refractivity contribution in [3.63, 3.8) is 0 Å². The Labute approximate surface area is 129 Å². The Hall–Kier alpha value is -0.580. The second kappa shape index (κ2) is 6.46. The van der Waals surface area contributed by atoms with E-state index in [2.05, 4.69) is 21.2 Å². The van der Waals surface area contributed by atoms with Gasteiger partial charge in [0.05, 0.1) is 13.2 Å². The lowest BCUT2D eigenvalue weighted by atomic mass is 9.84. The van der Waals surface area contributed by atoms with E-state index >= 15 is 0 Å². The molecule has 4 heteroatoms. The molecule has 1 N–H and O–H groups in total. The first-order valence-corrected chi connectivity index (χ1v) is 8.25. The molecule has 20 heavy (non-hydrogen) atoms. The summed E-state index contributed by atoms with van der Waals surface area (Å²) in [6, 6.07) is 8.80. The van der Waals surface area contributed by atoms with Crippen LogP contribution in [0.25, 0.3) is 0 Å². The molecule has 1 unspecified atom stereocenters. The molecule has 2 aliphatic rings. The van der Waals surface area contributed by atoms with Crippen LogP contribution in [0.3, 0.4) is 0 Å². The predicted molar refractivity (Wildman–Crippen MR) is 83.1 cm³/mol. The molecular formula is C16H22BrNO2. The van der Waals surface area contributed by atoms with Gasteiger partial charge >= 0.3 is 0 Å². The van der Waals surface area contributed by atoms with Gasteiger partial charge in [0.25, 0.3) is 0 Å². The molecule has 1 aromatic carbocycles. The van der Waals surface area contributed by atoms with E-state index in [4.69, 9.17) is 9.47 Å². The van der Waals surface area contributed by atoms with Crippen LogP contribution in [0.1, 0.15) is 25.7 Å². The summed E-state index contributed by atoms with van der Waals surface area (Å²) in [5.41, 5.74) is 0.276. The van der Waals surface area contributed by atoms with Crippen molar-refractivity contribution in [1.29, 1.82) is 0 Å². The number of benzene rings is 1. The van der Waals surface area contributed by atoms with E-state index in [1.54, 1.807) is 0 Å². The standard InChI is InChI=1S/C16H22BrNO2/c17-13-1-5-15(6-2-13)20-10-8-16(7-9-19-12-16)11-18-14-3-4-14/h1-2,5-6,14,18H,3-4,7-12H2. The molecule has 0 amide bonds. The second-order valence-electron chi connectivity index (χ2n) is 6.01. The fourth-order valence-corrected chi connectivity index (χ4v) is 2.90. The van der Waals surface area contributed by atoms with Crippen LogP contribution in [-0.4, -0.2) is 32.4 Å². The molecule has 1 atom stereocenters. The molecule has 0 spiro atoms. The van der Waals surface area contributed by atoms with Crippen LogP contribution in [0.15, 0.2) is 28.7 Å². The fraction of sp³-hybridized carbons (Fsp3) is 0.625. The summed E-state index contributed by atoms with van der Waals surface area (Å²) < 4.78 is 12.6. The van der Waals surface area contributed by atoms with Crippen molar-refractivity contribution in [1.82, 2.24) is 5.32 Å². The number of rotatable bonds is 7. The van der Waals surface area contributed by atoms with Crippen LogP contribution in [0, 0.1) is 5.41 Å². The molecule has 2 fully saturated rings. The highest BCUT2D eigenvalue weighted by atomic mass is 79.9. The Morgan fingerprint density at radius 2 is 2.10 bits per heavy atom. The van der Waals surface area contributed by atoms with Crippen molar-refractivity contribution in [3.05, 3.63) is 28.7 Å². The van der Waals surface area contributed by atoms with E-state index < -0.39 is 0 Å². The smallest absolute Gasteiger partial charge is 0.119 e. The summed E-state index contributed by atoms with van der Waals surface area (Å²) in [6.45, 7) is 3.60. The Morgan fingerprint density at radius 3 is 2.75 bits per heavy atom. The minimum Gasteiger partial charge on any atom is -0.494 e. The number of hydrogen-bond acceptors (Lipinski definition) is 3. The molecule has 3 nitrogen and oxygen atoms in total. The van der Waals surface area contributed by atoms with Gasteiger partial charge in [0.1, 0.15) is 5.75 Å². The van der Waals surface area contributed by atoms with Crippen molar-refractivity contribution in [2.75, 3.05) is 26.4 Å². The molecule has 1 aliphatic heterocycles. The maximum absolute atomic E-state index is 5.87. The first-order valence-electron chi connectivity index (χ1n) is 7.45. The summed E-state index contributed by atoms with van der Waals surface area (Å²) in [5.74, 6) is 0.942. The fourth-order valence-electron chi connectivity index (χ4n) is 2.64. The van der Waals surface area contributed by atoms with Crippen molar-refractivity contribution < 1.29 is 9.47 Å². The minimum absolute atomic E-state index is 0.276. The summed E-state index contributed by atoms with van der Waals surface area (Å²) >= 11 is 3.44. The van der Waals surface area contributed by atoms with Crippen LogP contribution in [0.2, 0.25) is 0 Å². The van der Waals surface area contributed by atoms with Crippen LogP contribution in [0.5, 0.6) is 5.75 Å². The van der Waals surface area contributed by atoms with Gasteiger partial charge in [-0.25, -0.2) is 0 Å². The topological polar surface area (TPSA) is 30.5 Å². The molecule has 0 bridgehead atoms. The summed E-state index contributed by atoms with van der Waals surface area (Å²) in [4.78, 5) is 0. The zero-order chi connectivity index (χ0) is 13.8. The van der Waals surface area contributed by atoms with Crippen molar-refractivity contribution >= 4 is 15.9 Å². The van der Waals surface area contributed by atoms with Gasteiger partial charge in [-0.05, 0) is 49.9 Å². The zero-order valence-electron chi connectivity index (χ0n) is 11.7. The summed E-state index contributed by atoms with van der Waals surface area (Å²) in [6.07, 6.45) is 4.89. The van der Waals surface area contributed by atoms with Crippen LogP contribution in [0.4, 0.5) is 0 Å². The monoisotopic (exact) mass is 339 g/mol. The van der Waals surface area contributed by atoms with Gasteiger partial charge in [-0.15, -0.1) is 0 Å². The summed E-state index contributed by atoms with van der Waals surface area (Å²) in [7, 11) is 0. The van der Waals surface area contributed by atoms with E-state index in [1.807, 2.05) is 24.3 Å². The molecule has 0 radical (unpaired) electrons. The molecule has 1 aliphatic carbocycles. The Bertz CT molecular complexity index is 425. The number of halogens is 1. The first-order chi connectivity index (χ1) is 9.76. The van der Waals surface area contributed by atoms with E-state index in [-0.39, 0.29) is 5.41 Å². The highest BCUT2D eigenvalue weighted by molar-refractivity contribution is 9.10. The van der Waals surface area contributed by atoms with Gasteiger partial charge in [-0.2, -0.15) is 0 Å². The number of hydrogen-bond donors (Lipinski definition) is 1. The molecule has 1 saturated carbocycles. The minimum atomic E-state index is 0.276. The summed E-state index contributed by atoms with van der Waals surface area (Å²) in [5, 5.41) is 3.65. The van der Waals surface area contributed by atoms with Crippen molar-refractivity contribution in [2.24, 2.45) is 5.41 Å². The molecule has 1 saturated heterocycles. The van der Waals surface area contributed by atoms with Crippen LogP contribution in [-0.2, 0) is 4.74 Å². The molecular weight excluding hydrogens is 318 g/mol. The Balaban J connectivity index is 1.47. The van der Waals surface area contributed by atoms with Crippen molar-refractivity contribution in [3.8, 4) is 5.75 Å². The van der Waals surface area contributed by atoms with E-state index in [0.29, 0.717) is 0 Å². The largest absolute Gasteiger partial charge is 0.494 e. The lowest BCUT2D eigenvalue weighted by Gasteiger charge is -2.27. The normalized spacial score (nSPS) is 25.9. The number of nitrogens with one attached hydrogen (secondary N) is 1. The Kier molecular flexibility index (Phi) is 4.64. The highest BCUT2D eigenvalue weighted by Crippen LogP contribution is 2.33. The molecule has 3 rings (SSSR count). The number of ether oxygens (including phenoxy) is 2. The van der Waals surface area contributed by atoms with Gasteiger partial charge < -0.3 is 14.8 Å². The molecule has 1 heterocycles. The third kappa shape index (κ3) is 3.96. The highest BCUT2D eigenvalue weighted by Gasteiger charge is 2.36. The molecule has 0 aromatic heterocycles. The van der Waals surface area contributed by atoms with Gasteiger partial charge in [-0.3, -0.25) is 0 Å². The zero-order valence-corrected chi connectivity index (χ0v) is 13.3. The average molecular weight is 340 g/mol. The lowest BCUT2D eigenvalue weighted by molar-refractivity contribution is 0.128. The third-order valence-electron chi connectivity index (χ3n) is 4.24. The van der Waals surface area contributed by atoms with E-state index in [9.17, 15) is 0 Å². The maximum Gasteiger partial charge on any atom is 0.119 e. The van der Waals surface area contributed by atoms with Crippen LogP contribution >= 0.6 is 15.9 Å². The van der Waals surface area contributed by atoms with E-state index in [1.165, 1.54) is 12.8 Å². The molecule has 110 valence electrons. The quantitative estimate of drug-likeness (QED) is 0.826. The Morgan fingerprint density at radius 1 is 1.30 bits per heavy atom. The SMILES string of the molecule is Brc1ccc(OCCC2(CNC3CC3)CCOC2)cc1. The molecule has 1 aromatic rings. The maximum atomic E-state index is 5.87. The second-order valence-corrected chi connectivity index (χ2v) is 6.93. The van der Waals surface area contributed by atoms with Crippen LogP contribution < -0.4 is 10.1 Å². The van der Waals surface area contributed by atoms with Crippen molar-refractivity contribution in [2.45, 2.75) is 31.7 Å². The van der Waals surface area contributed by atoms with Gasteiger partial charge in [0.15, 0.2) is 0 Å².